The van der Waals surface area contributed by atoms with E-state index >= 15 is 0 Å². The van der Waals surface area contributed by atoms with Crippen molar-refractivity contribution >= 4 is 33.9 Å². The van der Waals surface area contributed by atoms with E-state index in [0.29, 0.717) is 5.69 Å². The van der Waals surface area contributed by atoms with Gasteiger partial charge in [0, 0.05) is 41.4 Å². The molecule has 0 atom stereocenters. The van der Waals surface area contributed by atoms with E-state index in [0.717, 1.165) is 16.2 Å². The van der Waals surface area contributed by atoms with E-state index in [-0.39, 0.29) is 25.2 Å². The number of rotatable bonds is 6. The third-order valence-corrected chi connectivity index (χ3v) is 4.11. The minimum absolute atomic E-state index is 0.107. The van der Waals surface area contributed by atoms with Gasteiger partial charge in [-0.1, -0.05) is 12.1 Å². The monoisotopic (exact) mass is 328 g/mol. The van der Waals surface area contributed by atoms with Crippen LogP contribution in [0.1, 0.15) is 19.3 Å². The molecular weight excluding hydrogens is 314 g/mol. The van der Waals surface area contributed by atoms with Crippen molar-refractivity contribution < 1.29 is 14.7 Å². The lowest BCUT2D eigenvalue weighted by atomic mass is 10.1. The Labute approximate surface area is 136 Å². The number of fused-ring (bicyclic) bond motifs is 1. The van der Waals surface area contributed by atoms with Crippen molar-refractivity contribution in [1.82, 2.24) is 9.38 Å². The van der Waals surface area contributed by atoms with Crippen molar-refractivity contribution in [2.24, 2.45) is 0 Å². The van der Waals surface area contributed by atoms with Crippen LogP contribution in [0.3, 0.4) is 0 Å². The van der Waals surface area contributed by atoms with E-state index in [4.69, 9.17) is 0 Å². The molecule has 0 bridgehead atoms. The molecule has 2 heterocycles. The van der Waals surface area contributed by atoms with Crippen molar-refractivity contribution in [2.45, 2.75) is 19.3 Å². The van der Waals surface area contributed by atoms with Crippen LogP contribution >= 0.6 is 11.3 Å². The fourth-order valence-corrected chi connectivity index (χ4v) is 2.91. The maximum absolute atomic E-state index is 11.7. The smallest absolute Gasteiger partial charge is 0.224 e. The normalized spacial score (nSPS) is 10.8. The van der Waals surface area contributed by atoms with Crippen LogP contribution in [0.15, 0.2) is 42.0 Å². The molecule has 0 saturated carbocycles. The van der Waals surface area contributed by atoms with Gasteiger partial charge in [-0.2, -0.15) is 0 Å². The van der Waals surface area contributed by atoms with Crippen LogP contribution in [0, 0.1) is 0 Å². The highest BCUT2D eigenvalue weighted by Gasteiger charge is 2.06. The molecule has 0 aliphatic rings. The Kier molecular flexibility index (Phi) is 4.38. The van der Waals surface area contributed by atoms with E-state index in [1.807, 2.05) is 34.3 Å². The predicted molar refractivity (Wildman–Crippen MR) is 86.0 cm³/mol. The number of imidazole rings is 1. The number of hydrogen-bond donors (Lipinski definition) is 1. The predicted octanol–water partition coefficient (Wildman–Crippen LogP) is 1.92. The van der Waals surface area contributed by atoms with Crippen molar-refractivity contribution in [2.75, 3.05) is 5.32 Å². The van der Waals surface area contributed by atoms with Crippen molar-refractivity contribution in [1.29, 1.82) is 0 Å². The van der Waals surface area contributed by atoms with Crippen molar-refractivity contribution in [3.05, 3.63) is 42.0 Å². The first kappa shape index (κ1) is 15.2. The SMILES string of the molecule is O=C([O-])CCCC(=O)Nc1ccc(-c2cn3ccsc3n2)cc1. The first-order valence-corrected chi connectivity index (χ1v) is 8.02. The molecule has 7 heteroatoms. The number of thiazole rings is 1. The molecule has 3 aromatic rings. The van der Waals surface area contributed by atoms with E-state index in [1.165, 1.54) is 0 Å². The summed E-state index contributed by atoms with van der Waals surface area (Å²) in [5, 5.41) is 15.0. The maximum atomic E-state index is 11.7. The lowest BCUT2D eigenvalue weighted by molar-refractivity contribution is -0.305. The van der Waals surface area contributed by atoms with E-state index < -0.39 is 5.97 Å². The molecule has 0 radical (unpaired) electrons. The summed E-state index contributed by atoms with van der Waals surface area (Å²) in [6, 6.07) is 7.39. The topological polar surface area (TPSA) is 86.5 Å². The van der Waals surface area contributed by atoms with Gasteiger partial charge in [0.15, 0.2) is 4.96 Å². The molecule has 0 fully saturated rings. The second kappa shape index (κ2) is 6.62. The number of aromatic nitrogens is 2. The Morgan fingerprint density at radius 1 is 1.22 bits per heavy atom. The van der Waals surface area contributed by atoms with E-state index in [9.17, 15) is 14.7 Å². The molecule has 118 valence electrons. The van der Waals surface area contributed by atoms with Crippen LogP contribution in [-0.2, 0) is 9.59 Å². The van der Waals surface area contributed by atoms with Crippen LogP contribution in [0.5, 0.6) is 0 Å². The van der Waals surface area contributed by atoms with E-state index in [2.05, 4.69) is 10.3 Å². The van der Waals surface area contributed by atoms with Gasteiger partial charge in [-0.3, -0.25) is 9.20 Å². The number of carboxylic acids is 1. The van der Waals surface area contributed by atoms with Gasteiger partial charge >= 0.3 is 0 Å². The summed E-state index contributed by atoms with van der Waals surface area (Å²) in [7, 11) is 0. The van der Waals surface area contributed by atoms with Gasteiger partial charge in [0.05, 0.1) is 5.69 Å². The Morgan fingerprint density at radius 2 is 2.00 bits per heavy atom. The molecule has 0 unspecified atom stereocenters. The number of amides is 1. The first-order chi connectivity index (χ1) is 11.1. The highest BCUT2D eigenvalue weighted by Crippen LogP contribution is 2.23. The van der Waals surface area contributed by atoms with Crippen LogP contribution in [0.4, 0.5) is 5.69 Å². The third-order valence-electron chi connectivity index (χ3n) is 3.34. The lowest BCUT2D eigenvalue weighted by Crippen LogP contribution is -2.22. The number of anilines is 1. The minimum Gasteiger partial charge on any atom is -0.550 e. The van der Waals surface area contributed by atoms with Gasteiger partial charge in [0.25, 0.3) is 0 Å². The van der Waals surface area contributed by atoms with Crippen molar-refractivity contribution in [3.8, 4) is 11.3 Å². The summed E-state index contributed by atoms with van der Waals surface area (Å²) >= 11 is 1.57. The van der Waals surface area contributed by atoms with Crippen LogP contribution in [0.25, 0.3) is 16.2 Å². The molecule has 2 aromatic heterocycles. The molecule has 3 rings (SSSR count). The first-order valence-electron chi connectivity index (χ1n) is 7.14. The number of hydrogen-bond acceptors (Lipinski definition) is 5. The Balaban J connectivity index is 1.61. The molecule has 1 amide bonds. The largest absolute Gasteiger partial charge is 0.550 e. The molecule has 6 nitrogen and oxygen atoms in total. The van der Waals surface area contributed by atoms with Gasteiger partial charge in [-0.05, 0) is 25.0 Å². The average molecular weight is 328 g/mol. The maximum Gasteiger partial charge on any atom is 0.224 e. The van der Waals surface area contributed by atoms with Crippen molar-refractivity contribution in [3.63, 3.8) is 0 Å². The quantitative estimate of drug-likeness (QED) is 0.749. The Morgan fingerprint density at radius 3 is 2.70 bits per heavy atom. The summed E-state index contributed by atoms with van der Waals surface area (Å²) in [5.74, 6) is -1.34. The molecule has 1 aromatic carbocycles. The van der Waals surface area contributed by atoms with Gasteiger partial charge < -0.3 is 15.2 Å². The second-order valence-corrected chi connectivity index (χ2v) is 5.94. The number of carboxylic acid groups (broad SMARTS) is 1. The molecule has 0 aliphatic carbocycles. The van der Waals surface area contributed by atoms with E-state index in [1.54, 1.807) is 23.5 Å². The third kappa shape index (κ3) is 3.75. The zero-order valence-corrected chi connectivity index (χ0v) is 13.0. The molecule has 0 spiro atoms. The van der Waals surface area contributed by atoms with Crippen LogP contribution < -0.4 is 10.4 Å². The summed E-state index contributed by atoms with van der Waals surface area (Å²) in [5.41, 5.74) is 2.52. The second-order valence-electron chi connectivity index (χ2n) is 5.07. The Hall–Kier alpha value is -2.67. The molecular formula is C16H14N3O3S-. The van der Waals surface area contributed by atoms with Crippen LogP contribution in [0.2, 0.25) is 0 Å². The molecule has 0 saturated heterocycles. The Bertz CT molecular complexity index is 807. The van der Waals surface area contributed by atoms with Crippen LogP contribution in [-0.4, -0.2) is 21.3 Å². The number of carbonyl (C=O) groups is 2. The summed E-state index contributed by atoms with van der Waals surface area (Å²) < 4.78 is 1.97. The minimum atomic E-state index is -1.14. The van der Waals surface area contributed by atoms with Gasteiger partial charge in [-0.25, -0.2) is 4.98 Å². The summed E-state index contributed by atoms with van der Waals surface area (Å²) in [6.07, 6.45) is 4.24. The zero-order valence-electron chi connectivity index (χ0n) is 12.2. The summed E-state index contributed by atoms with van der Waals surface area (Å²) in [4.78, 5) is 27.5. The fraction of sp³-hybridized carbons (Fsp3) is 0.188. The average Bonchev–Trinajstić information content (AvgIpc) is 3.09. The number of benzene rings is 1. The zero-order chi connectivity index (χ0) is 16.2. The molecule has 0 aliphatic heterocycles. The highest BCUT2D eigenvalue weighted by molar-refractivity contribution is 7.15. The molecule has 23 heavy (non-hydrogen) atoms. The van der Waals surface area contributed by atoms with Gasteiger partial charge in [0.2, 0.25) is 5.91 Å². The number of nitrogens with zero attached hydrogens (tertiary/aromatic N) is 2. The standard InChI is InChI=1S/C16H15N3O3S/c20-14(2-1-3-15(21)22)17-12-6-4-11(5-7-12)13-10-19-8-9-23-16(19)18-13/h4-10H,1-3H2,(H,17,20)(H,21,22)/p-1. The van der Waals surface area contributed by atoms with Gasteiger partial charge in [0.1, 0.15) is 0 Å². The fourth-order valence-electron chi connectivity index (χ4n) is 2.21. The number of aliphatic carboxylic acids is 1. The summed E-state index contributed by atoms with van der Waals surface area (Å²) in [6.45, 7) is 0. The van der Waals surface area contributed by atoms with Gasteiger partial charge in [-0.15, -0.1) is 11.3 Å². The number of carbonyl (C=O) groups excluding carboxylic acids is 2. The number of nitrogens with one attached hydrogen (secondary N) is 1. The lowest BCUT2D eigenvalue weighted by Gasteiger charge is -2.06. The molecule has 1 N–H and O–H groups in total. The highest BCUT2D eigenvalue weighted by atomic mass is 32.1.